The van der Waals surface area contributed by atoms with E-state index >= 15 is 0 Å². The summed E-state index contributed by atoms with van der Waals surface area (Å²) in [5.41, 5.74) is 2.20. The normalized spacial score (nSPS) is 13.3. The highest BCUT2D eigenvalue weighted by Crippen LogP contribution is 2.41. The predicted molar refractivity (Wildman–Crippen MR) is 79.5 cm³/mol. The summed E-state index contributed by atoms with van der Waals surface area (Å²) in [6, 6.07) is 18.1. The van der Waals surface area contributed by atoms with Crippen molar-refractivity contribution in [2.75, 3.05) is 0 Å². The zero-order valence-corrected chi connectivity index (χ0v) is 12.0. The van der Waals surface area contributed by atoms with Crippen molar-refractivity contribution < 1.29 is 0 Å². The Kier molecular flexibility index (Phi) is 3.99. The Hall–Kier alpha value is -0.980. The topological polar surface area (TPSA) is 0 Å². The lowest BCUT2D eigenvalue weighted by atomic mass is 9.79. The molecule has 0 aliphatic rings. The molecule has 0 amide bonds. The number of alkyl halides is 1. The minimum Gasteiger partial charge on any atom is -0.117 e. The maximum absolute atomic E-state index is 6.64. The first-order valence-electron chi connectivity index (χ1n) is 5.97. The summed E-state index contributed by atoms with van der Waals surface area (Å²) < 4.78 is 0. The second-order valence-electron chi connectivity index (χ2n) is 5.00. The maximum atomic E-state index is 6.64. The molecular formula is C16H16Cl2. The van der Waals surface area contributed by atoms with Gasteiger partial charge in [0.25, 0.3) is 0 Å². The molecule has 0 aliphatic carbocycles. The van der Waals surface area contributed by atoms with Gasteiger partial charge in [0, 0.05) is 10.4 Å². The van der Waals surface area contributed by atoms with E-state index in [1.807, 2.05) is 42.5 Å². The highest BCUT2D eigenvalue weighted by atomic mass is 35.5. The maximum Gasteiger partial charge on any atom is 0.0676 e. The molecule has 2 rings (SSSR count). The molecule has 0 radical (unpaired) electrons. The van der Waals surface area contributed by atoms with Crippen molar-refractivity contribution in [3.63, 3.8) is 0 Å². The average Bonchev–Trinajstić information content (AvgIpc) is 2.40. The number of rotatable bonds is 3. The molecule has 0 aromatic heterocycles. The molecule has 0 saturated heterocycles. The number of hydrogen-bond donors (Lipinski definition) is 0. The molecule has 0 fully saturated rings. The van der Waals surface area contributed by atoms with Gasteiger partial charge in [-0.1, -0.05) is 67.9 Å². The van der Waals surface area contributed by atoms with Crippen molar-refractivity contribution in [1.82, 2.24) is 0 Å². The van der Waals surface area contributed by atoms with Gasteiger partial charge in [-0.05, 0) is 23.3 Å². The van der Waals surface area contributed by atoms with Crippen molar-refractivity contribution in [3.05, 3.63) is 70.7 Å². The number of benzene rings is 2. The molecule has 0 bridgehead atoms. The average molecular weight is 279 g/mol. The van der Waals surface area contributed by atoms with Gasteiger partial charge in [0.15, 0.2) is 0 Å². The summed E-state index contributed by atoms with van der Waals surface area (Å²) in [6.45, 7) is 4.32. The highest BCUT2D eigenvalue weighted by Gasteiger charge is 2.30. The summed E-state index contributed by atoms with van der Waals surface area (Å²) in [6.07, 6.45) is 0. The molecule has 94 valence electrons. The highest BCUT2D eigenvalue weighted by molar-refractivity contribution is 6.30. The third kappa shape index (κ3) is 2.71. The zero-order chi connectivity index (χ0) is 13.2. The standard InChI is InChI=1S/C16H16Cl2/c1-16(2,13-6-4-3-5-7-13)15(18)12-8-10-14(17)11-9-12/h3-11,15H,1-2H3. The van der Waals surface area contributed by atoms with Crippen LogP contribution in [0.25, 0.3) is 0 Å². The molecular weight excluding hydrogens is 263 g/mol. The summed E-state index contributed by atoms with van der Waals surface area (Å²) >= 11 is 12.5. The van der Waals surface area contributed by atoms with E-state index in [-0.39, 0.29) is 10.8 Å². The third-order valence-electron chi connectivity index (χ3n) is 3.31. The Bertz CT molecular complexity index is 500. The Morgan fingerprint density at radius 1 is 0.889 bits per heavy atom. The Labute approximate surface area is 119 Å². The van der Waals surface area contributed by atoms with Gasteiger partial charge in [-0.25, -0.2) is 0 Å². The molecule has 0 spiro atoms. The Morgan fingerprint density at radius 3 is 2.00 bits per heavy atom. The van der Waals surface area contributed by atoms with Gasteiger partial charge in [0.1, 0.15) is 0 Å². The first kappa shape index (κ1) is 13.5. The molecule has 0 heterocycles. The smallest absolute Gasteiger partial charge is 0.0676 e. The number of hydrogen-bond acceptors (Lipinski definition) is 0. The van der Waals surface area contributed by atoms with Crippen LogP contribution < -0.4 is 0 Å². The molecule has 2 aromatic rings. The molecule has 0 N–H and O–H groups in total. The molecule has 0 nitrogen and oxygen atoms in total. The van der Waals surface area contributed by atoms with Crippen LogP contribution in [-0.2, 0) is 5.41 Å². The van der Waals surface area contributed by atoms with Gasteiger partial charge < -0.3 is 0 Å². The van der Waals surface area contributed by atoms with E-state index in [0.717, 1.165) is 10.6 Å². The summed E-state index contributed by atoms with van der Waals surface area (Å²) in [4.78, 5) is 0. The monoisotopic (exact) mass is 278 g/mol. The van der Waals surface area contributed by atoms with E-state index in [9.17, 15) is 0 Å². The van der Waals surface area contributed by atoms with Crippen LogP contribution in [0.5, 0.6) is 0 Å². The summed E-state index contributed by atoms with van der Waals surface area (Å²) in [7, 11) is 0. The number of halogens is 2. The van der Waals surface area contributed by atoms with Crippen molar-refractivity contribution in [2.45, 2.75) is 24.6 Å². The van der Waals surface area contributed by atoms with Crippen molar-refractivity contribution in [3.8, 4) is 0 Å². The van der Waals surface area contributed by atoms with Crippen LogP contribution >= 0.6 is 23.2 Å². The summed E-state index contributed by atoms with van der Waals surface area (Å²) in [5.74, 6) is 0. The van der Waals surface area contributed by atoms with Crippen molar-refractivity contribution in [2.24, 2.45) is 0 Å². The molecule has 1 atom stereocenters. The second-order valence-corrected chi connectivity index (χ2v) is 5.87. The van der Waals surface area contributed by atoms with Crippen LogP contribution in [0.2, 0.25) is 5.02 Å². The summed E-state index contributed by atoms with van der Waals surface area (Å²) in [5, 5.41) is 0.650. The quantitative estimate of drug-likeness (QED) is 0.642. The Balaban J connectivity index is 2.32. The Morgan fingerprint density at radius 2 is 1.44 bits per heavy atom. The first-order valence-corrected chi connectivity index (χ1v) is 6.78. The minimum absolute atomic E-state index is 0.0860. The lowest BCUT2D eigenvalue weighted by Gasteiger charge is -2.31. The van der Waals surface area contributed by atoms with E-state index in [1.165, 1.54) is 5.56 Å². The van der Waals surface area contributed by atoms with E-state index in [2.05, 4.69) is 26.0 Å². The zero-order valence-electron chi connectivity index (χ0n) is 10.5. The van der Waals surface area contributed by atoms with Crippen LogP contribution in [0.3, 0.4) is 0 Å². The minimum atomic E-state index is -0.128. The molecule has 1 unspecified atom stereocenters. The van der Waals surface area contributed by atoms with Crippen molar-refractivity contribution >= 4 is 23.2 Å². The molecule has 2 heteroatoms. The van der Waals surface area contributed by atoms with Crippen molar-refractivity contribution in [1.29, 1.82) is 0 Å². The third-order valence-corrected chi connectivity index (χ3v) is 4.36. The van der Waals surface area contributed by atoms with E-state index in [0.29, 0.717) is 0 Å². The largest absolute Gasteiger partial charge is 0.117 e. The fraction of sp³-hybridized carbons (Fsp3) is 0.250. The van der Waals surface area contributed by atoms with Crippen LogP contribution in [-0.4, -0.2) is 0 Å². The predicted octanol–water partition coefficient (Wildman–Crippen LogP) is 5.60. The van der Waals surface area contributed by atoms with Gasteiger partial charge in [0.05, 0.1) is 5.38 Å². The molecule has 0 aliphatic heterocycles. The fourth-order valence-electron chi connectivity index (χ4n) is 2.06. The molecule has 2 aromatic carbocycles. The van der Waals surface area contributed by atoms with Gasteiger partial charge in [0.2, 0.25) is 0 Å². The van der Waals surface area contributed by atoms with Gasteiger partial charge in [-0.3, -0.25) is 0 Å². The van der Waals surface area contributed by atoms with Crippen LogP contribution in [0.1, 0.15) is 30.4 Å². The van der Waals surface area contributed by atoms with Crippen LogP contribution in [0.4, 0.5) is 0 Å². The van der Waals surface area contributed by atoms with E-state index in [4.69, 9.17) is 23.2 Å². The van der Waals surface area contributed by atoms with Crippen LogP contribution in [0.15, 0.2) is 54.6 Å². The lowest BCUT2D eigenvalue weighted by Crippen LogP contribution is -2.23. The van der Waals surface area contributed by atoms with Gasteiger partial charge in [-0.2, -0.15) is 0 Å². The molecule has 0 saturated carbocycles. The second kappa shape index (κ2) is 5.34. The SMILES string of the molecule is CC(C)(c1ccccc1)C(Cl)c1ccc(Cl)cc1. The first-order chi connectivity index (χ1) is 8.51. The van der Waals surface area contributed by atoms with Gasteiger partial charge >= 0.3 is 0 Å². The van der Waals surface area contributed by atoms with Crippen LogP contribution in [0, 0.1) is 0 Å². The van der Waals surface area contributed by atoms with Gasteiger partial charge in [-0.15, -0.1) is 11.6 Å². The van der Waals surface area contributed by atoms with E-state index < -0.39 is 0 Å². The molecule has 18 heavy (non-hydrogen) atoms. The van der Waals surface area contributed by atoms with E-state index in [1.54, 1.807) is 0 Å². The fourth-order valence-corrected chi connectivity index (χ4v) is 2.46. The lowest BCUT2D eigenvalue weighted by molar-refractivity contribution is 0.504.